The van der Waals surface area contributed by atoms with Crippen molar-refractivity contribution in [3.63, 3.8) is 0 Å². The molecule has 1 atom stereocenters. The molecule has 0 aromatic heterocycles. The van der Waals surface area contributed by atoms with E-state index in [1.165, 1.54) is 37.8 Å². The fraction of sp³-hybridized carbons (Fsp3) is 0.533. The summed E-state index contributed by atoms with van der Waals surface area (Å²) in [6.07, 6.45) is 5.36. The lowest BCUT2D eigenvalue weighted by Crippen LogP contribution is -2.23. The van der Waals surface area contributed by atoms with Gasteiger partial charge < -0.3 is 5.32 Å². The van der Waals surface area contributed by atoms with E-state index in [1.54, 1.807) is 7.05 Å². The number of rotatable bonds is 4. The van der Waals surface area contributed by atoms with Crippen LogP contribution in [0.2, 0.25) is 0 Å². The molecular formula is C15H20FNO. The van der Waals surface area contributed by atoms with Crippen molar-refractivity contribution in [1.29, 1.82) is 0 Å². The van der Waals surface area contributed by atoms with E-state index in [9.17, 15) is 9.18 Å². The van der Waals surface area contributed by atoms with Crippen molar-refractivity contribution < 1.29 is 9.18 Å². The summed E-state index contributed by atoms with van der Waals surface area (Å²) in [6.45, 7) is 0. The fourth-order valence-corrected chi connectivity index (χ4v) is 2.93. The molecular weight excluding hydrogens is 229 g/mol. The number of halogens is 1. The van der Waals surface area contributed by atoms with Gasteiger partial charge in [-0.1, -0.05) is 25.0 Å². The van der Waals surface area contributed by atoms with Gasteiger partial charge in [0, 0.05) is 13.5 Å². The fourth-order valence-electron chi connectivity index (χ4n) is 2.93. The van der Waals surface area contributed by atoms with Gasteiger partial charge in [0.1, 0.15) is 5.82 Å². The predicted octanol–water partition coefficient (Wildman–Crippen LogP) is 3.24. The second-order valence-electron chi connectivity index (χ2n) is 5.08. The molecule has 3 heteroatoms. The normalized spacial score (nSPS) is 17.7. The van der Waals surface area contributed by atoms with Gasteiger partial charge in [-0.3, -0.25) is 4.79 Å². The summed E-state index contributed by atoms with van der Waals surface area (Å²) in [7, 11) is 1.67. The summed E-state index contributed by atoms with van der Waals surface area (Å²) in [4.78, 5) is 11.6. The van der Waals surface area contributed by atoms with E-state index in [1.807, 2.05) is 12.1 Å². The lowest BCUT2D eigenvalue weighted by Gasteiger charge is -2.23. The minimum atomic E-state index is -0.219. The zero-order chi connectivity index (χ0) is 13.0. The highest BCUT2D eigenvalue weighted by Crippen LogP contribution is 2.39. The molecule has 0 radical (unpaired) electrons. The first-order chi connectivity index (χ1) is 8.70. The van der Waals surface area contributed by atoms with Gasteiger partial charge in [-0.25, -0.2) is 4.39 Å². The molecule has 2 nitrogen and oxygen atoms in total. The van der Waals surface area contributed by atoms with Crippen molar-refractivity contribution in [2.75, 3.05) is 7.05 Å². The minimum absolute atomic E-state index is 0.0659. The average molecular weight is 249 g/mol. The molecule has 1 aliphatic rings. The quantitative estimate of drug-likeness (QED) is 0.872. The maximum absolute atomic E-state index is 13.0. The van der Waals surface area contributed by atoms with E-state index in [0.717, 1.165) is 5.56 Å². The SMILES string of the molecule is CNC(=O)CC(c1ccc(F)cc1)C1CCCC1. The van der Waals surface area contributed by atoms with Crippen molar-refractivity contribution in [2.24, 2.45) is 5.92 Å². The molecule has 0 aliphatic heterocycles. The molecule has 1 aliphatic carbocycles. The Morgan fingerprint density at radius 2 is 1.94 bits per heavy atom. The van der Waals surface area contributed by atoms with Crippen LogP contribution >= 0.6 is 0 Å². The molecule has 2 rings (SSSR count). The smallest absolute Gasteiger partial charge is 0.220 e. The third-order valence-electron chi connectivity index (χ3n) is 3.95. The van der Waals surface area contributed by atoms with Crippen LogP contribution in [0, 0.1) is 11.7 Å². The Morgan fingerprint density at radius 1 is 1.33 bits per heavy atom. The maximum atomic E-state index is 13.0. The summed E-state index contributed by atoms with van der Waals surface area (Å²) >= 11 is 0. The second-order valence-corrected chi connectivity index (χ2v) is 5.08. The first-order valence-electron chi connectivity index (χ1n) is 6.66. The van der Waals surface area contributed by atoms with Gasteiger partial charge in [0.05, 0.1) is 0 Å². The minimum Gasteiger partial charge on any atom is -0.359 e. The molecule has 0 spiro atoms. The Hall–Kier alpha value is -1.38. The Balaban J connectivity index is 2.17. The molecule has 1 amide bonds. The third-order valence-corrected chi connectivity index (χ3v) is 3.95. The highest BCUT2D eigenvalue weighted by Gasteiger charge is 2.27. The number of carbonyl (C=O) groups excluding carboxylic acids is 1. The predicted molar refractivity (Wildman–Crippen MR) is 69.8 cm³/mol. The van der Waals surface area contributed by atoms with Crippen LogP contribution in [0.1, 0.15) is 43.6 Å². The van der Waals surface area contributed by atoms with Crippen molar-refractivity contribution in [3.8, 4) is 0 Å². The van der Waals surface area contributed by atoms with Gasteiger partial charge in [0.25, 0.3) is 0 Å². The van der Waals surface area contributed by atoms with Gasteiger partial charge in [-0.2, -0.15) is 0 Å². The van der Waals surface area contributed by atoms with Gasteiger partial charge in [-0.15, -0.1) is 0 Å². The molecule has 0 heterocycles. The molecule has 1 unspecified atom stereocenters. The number of carbonyl (C=O) groups is 1. The molecule has 1 N–H and O–H groups in total. The van der Waals surface area contributed by atoms with Crippen LogP contribution in [0.5, 0.6) is 0 Å². The van der Waals surface area contributed by atoms with Gasteiger partial charge in [0.2, 0.25) is 5.91 Å². The molecule has 0 bridgehead atoms. The summed E-state index contributed by atoms with van der Waals surface area (Å²) in [5.74, 6) is 0.640. The summed E-state index contributed by atoms with van der Waals surface area (Å²) in [5, 5.41) is 2.69. The van der Waals surface area contributed by atoms with E-state index < -0.39 is 0 Å². The van der Waals surface area contributed by atoms with Crippen LogP contribution in [-0.2, 0) is 4.79 Å². The molecule has 1 fully saturated rings. The Morgan fingerprint density at radius 3 is 2.50 bits per heavy atom. The third kappa shape index (κ3) is 3.09. The monoisotopic (exact) mass is 249 g/mol. The lowest BCUT2D eigenvalue weighted by molar-refractivity contribution is -0.121. The van der Waals surface area contributed by atoms with Gasteiger partial charge in [-0.05, 0) is 42.4 Å². The first-order valence-corrected chi connectivity index (χ1v) is 6.66. The number of hydrogen-bond acceptors (Lipinski definition) is 1. The van der Waals surface area contributed by atoms with Crippen molar-refractivity contribution in [1.82, 2.24) is 5.32 Å². The zero-order valence-corrected chi connectivity index (χ0v) is 10.8. The highest BCUT2D eigenvalue weighted by atomic mass is 19.1. The van der Waals surface area contributed by atoms with Crippen molar-refractivity contribution in [2.45, 2.75) is 38.0 Å². The van der Waals surface area contributed by atoms with Crippen LogP contribution in [0.4, 0.5) is 4.39 Å². The molecule has 0 saturated heterocycles. The number of amides is 1. The molecule has 1 saturated carbocycles. The molecule has 1 aromatic rings. The first kappa shape index (κ1) is 13.1. The standard InChI is InChI=1S/C15H20FNO/c1-17-15(18)10-14(11-4-2-3-5-11)12-6-8-13(16)9-7-12/h6-9,11,14H,2-5,10H2,1H3,(H,17,18). The number of nitrogens with one attached hydrogen (secondary N) is 1. The van der Waals surface area contributed by atoms with Gasteiger partial charge >= 0.3 is 0 Å². The Bertz CT molecular complexity index is 395. The second kappa shape index (κ2) is 5.98. The van der Waals surface area contributed by atoms with Crippen molar-refractivity contribution in [3.05, 3.63) is 35.6 Å². The van der Waals surface area contributed by atoms with Crippen molar-refractivity contribution >= 4 is 5.91 Å². The topological polar surface area (TPSA) is 29.1 Å². The van der Waals surface area contributed by atoms with E-state index in [4.69, 9.17) is 0 Å². The molecule has 1 aromatic carbocycles. The summed E-state index contributed by atoms with van der Waals surface area (Å²) < 4.78 is 13.0. The Labute approximate surface area is 108 Å². The average Bonchev–Trinajstić information content (AvgIpc) is 2.90. The molecule has 98 valence electrons. The van der Waals surface area contributed by atoms with E-state index in [0.29, 0.717) is 12.3 Å². The largest absolute Gasteiger partial charge is 0.359 e. The highest BCUT2D eigenvalue weighted by molar-refractivity contribution is 5.76. The van der Waals surface area contributed by atoms with Crippen LogP contribution < -0.4 is 5.32 Å². The van der Waals surface area contributed by atoms with Gasteiger partial charge in [0.15, 0.2) is 0 Å². The summed E-state index contributed by atoms with van der Waals surface area (Å²) in [6, 6.07) is 6.62. The van der Waals surface area contributed by atoms with Crippen LogP contribution in [-0.4, -0.2) is 13.0 Å². The van der Waals surface area contributed by atoms with E-state index in [2.05, 4.69) is 5.32 Å². The Kier molecular flexibility index (Phi) is 4.34. The lowest BCUT2D eigenvalue weighted by atomic mass is 9.82. The van der Waals surface area contributed by atoms with Crippen LogP contribution in [0.3, 0.4) is 0 Å². The number of benzene rings is 1. The van der Waals surface area contributed by atoms with Crippen LogP contribution in [0.15, 0.2) is 24.3 Å². The summed E-state index contributed by atoms with van der Waals surface area (Å²) in [5.41, 5.74) is 1.09. The molecule has 18 heavy (non-hydrogen) atoms. The van der Waals surface area contributed by atoms with E-state index in [-0.39, 0.29) is 17.6 Å². The van der Waals surface area contributed by atoms with Crippen LogP contribution in [0.25, 0.3) is 0 Å². The van der Waals surface area contributed by atoms with E-state index >= 15 is 0 Å². The number of hydrogen-bond donors (Lipinski definition) is 1. The maximum Gasteiger partial charge on any atom is 0.220 e. The zero-order valence-electron chi connectivity index (χ0n) is 10.8.